The lowest BCUT2D eigenvalue weighted by atomic mass is 9.79. The van der Waals surface area contributed by atoms with Crippen LogP contribution in [-0.4, -0.2) is 98.5 Å². The molecule has 3 fully saturated rings. The fourth-order valence-corrected chi connectivity index (χ4v) is 6.78. The topological polar surface area (TPSA) is 336 Å². The Hall–Kier alpha value is -5.76. The van der Waals surface area contributed by atoms with Crippen LogP contribution in [0.2, 0.25) is 0 Å². The zero-order valence-electron chi connectivity index (χ0n) is 46.1. The van der Waals surface area contributed by atoms with Crippen molar-refractivity contribution >= 4 is 71.6 Å². The van der Waals surface area contributed by atoms with Crippen LogP contribution in [0.5, 0.6) is 0 Å². The van der Waals surface area contributed by atoms with Crippen molar-refractivity contribution in [2.75, 3.05) is 6.61 Å². The van der Waals surface area contributed by atoms with E-state index in [1.807, 2.05) is 125 Å². The minimum absolute atomic E-state index is 0.0409. The average Bonchev–Trinajstić information content (AvgIpc) is 4.05. The Balaban J connectivity index is 0.000000426. The highest BCUT2D eigenvalue weighted by Gasteiger charge is 2.44. The number of nitrogens with one attached hydrogen (secondary N) is 7. The summed E-state index contributed by atoms with van der Waals surface area (Å²) in [6.45, 7) is 40.9. The molecule has 3 atom stereocenters. The number of rotatable bonds is 0. The standard InChI is InChI=1S/2C8H12O3.C7H12N2O2.C6H11N3S.C6H10N2O2.2C6H10N2OS/c1-8(2,3)6-5(9)4-11-7(6)10;1-8(2,3)7-5(9)4-6(10)11-7;1-7(2,3)4-5(10)9-6(11)8-4;1-6(2,3)4-7-5(10)9-8-4;1-6(2,3)4-7-8-5(9)10-4;1-6(2,3)4-7-8-5(10)9-4;1-6(2,3)4-5(9)8-10-7-4/h6H,4H2,1-3H3;7H,4H2,1-3H3;4H,1-3H3,(H2,8,9,10,11);1-3H3,(H2,7,8,9,10);1-3H3,(H,8,9);1-3H3,(H,8,10);1-3H3,(H,8,9). The molecule has 0 saturated carbocycles. The summed E-state index contributed by atoms with van der Waals surface area (Å²) in [5.41, 5.74) is -0.548. The number of esters is 2. The fraction of sp³-hybridized carbons (Fsp3) is 0.702. The smallest absolute Gasteiger partial charge is 0.434 e. The third-order valence-corrected chi connectivity index (χ3v) is 10.6. The molecule has 73 heavy (non-hydrogen) atoms. The number of aromatic amines is 5. The van der Waals surface area contributed by atoms with Crippen molar-refractivity contribution in [1.82, 2.24) is 55.0 Å². The van der Waals surface area contributed by atoms with Gasteiger partial charge in [0, 0.05) is 38.8 Å². The van der Waals surface area contributed by atoms with E-state index in [4.69, 9.17) is 38.0 Å². The van der Waals surface area contributed by atoms with Gasteiger partial charge in [0.1, 0.15) is 29.9 Å². The number of carbonyl (C=O) groups is 6. The van der Waals surface area contributed by atoms with Crippen LogP contribution in [-0.2, 0) is 55.1 Å². The summed E-state index contributed by atoms with van der Waals surface area (Å²) in [6.07, 6.45) is -0.586. The molecule has 7 heterocycles. The zero-order chi connectivity index (χ0) is 57.0. The molecule has 3 amide bonds. The third kappa shape index (κ3) is 22.5. The molecule has 3 saturated heterocycles. The molecule has 0 aliphatic carbocycles. The number of ketones is 2. The van der Waals surface area contributed by atoms with E-state index in [0.29, 0.717) is 27.1 Å². The van der Waals surface area contributed by atoms with E-state index in [0.717, 1.165) is 17.6 Å². The van der Waals surface area contributed by atoms with Gasteiger partial charge in [-0.05, 0) is 35.3 Å². The van der Waals surface area contributed by atoms with Gasteiger partial charge in [-0.1, -0.05) is 145 Å². The van der Waals surface area contributed by atoms with E-state index in [-0.39, 0.29) is 79.9 Å². The predicted octanol–water partition coefficient (Wildman–Crippen LogP) is 7.52. The Bertz CT molecular complexity index is 2520. The van der Waals surface area contributed by atoms with Gasteiger partial charge in [-0.15, -0.1) is 10.2 Å². The molecule has 0 spiro atoms. The molecule has 0 bridgehead atoms. The molecule has 4 aromatic heterocycles. The van der Waals surface area contributed by atoms with Crippen molar-refractivity contribution in [1.29, 1.82) is 0 Å². The van der Waals surface area contributed by atoms with Crippen LogP contribution in [0, 0.1) is 31.8 Å². The summed E-state index contributed by atoms with van der Waals surface area (Å²) in [4.78, 5) is 91.4. The van der Waals surface area contributed by atoms with E-state index in [2.05, 4.69) is 80.5 Å². The third-order valence-electron chi connectivity index (χ3n) is 9.64. The van der Waals surface area contributed by atoms with Gasteiger partial charge >= 0.3 is 23.7 Å². The first-order valence-electron chi connectivity index (χ1n) is 23.1. The van der Waals surface area contributed by atoms with Crippen LogP contribution in [0.15, 0.2) is 18.4 Å². The SMILES string of the molecule is CC(C)(C)C1C(=O)COC1=O.CC(C)(C)C1NC(=O)NC1=O.CC(C)(C)C1OC(=O)CC1=O.CC(C)(C)c1n[nH]c(=O)o1.CC(C)(C)c1n[nH]c(=S)o1.CC(C)(C)c1nc(=S)[nH][nH]1.CC(C)(C)c1ns[nH]c1=O. The number of H-pyrrole nitrogens is 5. The molecule has 23 nitrogen and oxygen atoms in total. The first-order valence-corrected chi connectivity index (χ1v) is 24.7. The lowest BCUT2D eigenvalue weighted by Gasteiger charge is -2.23. The number of cyclic esters (lactones) is 2. The maximum absolute atomic E-state index is 11.1. The van der Waals surface area contributed by atoms with Gasteiger partial charge in [0.25, 0.3) is 16.3 Å². The van der Waals surface area contributed by atoms with E-state index in [1.54, 1.807) is 0 Å². The van der Waals surface area contributed by atoms with E-state index < -0.39 is 35.8 Å². The lowest BCUT2D eigenvalue weighted by Crippen LogP contribution is -2.41. The van der Waals surface area contributed by atoms with Crippen LogP contribution in [0.4, 0.5) is 4.79 Å². The Morgan fingerprint density at radius 1 is 0.616 bits per heavy atom. The molecule has 3 aliphatic rings. The van der Waals surface area contributed by atoms with Crippen molar-refractivity contribution < 1.29 is 47.1 Å². The second-order valence-corrected chi connectivity index (χ2v) is 25.7. The van der Waals surface area contributed by atoms with Crippen molar-refractivity contribution in [3.8, 4) is 0 Å². The highest BCUT2D eigenvalue weighted by atomic mass is 32.1. The van der Waals surface area contributed by atoms with Crippen LogP contribution >= 0.6 is 36.2 Å². The van der Waals surface area contributed by atoms with Crippen molar-refractivity contribution in [2.24, 2.45) is 22.2 Å². The second kappa shape index (κ2) is 25.5. The lowest BCUT2D eigenvalue weighted by molar-refractivity contribution is -0.147. The number of aromatic nitrogens is 9. The number of ether oxygens (including phenoxy) is 2. The van der Waals surface area contributed by atoms with Gasteiger partial charge in [0.15, 0.2) is 24.3 Å². The summed E-state index contributed by atoms with van der Waals surface area (Å²) < 4.78 is 26.3. The number of carbonyl (C=O) groups excluding carboxylic acids is 6. The Morgan fingerprint density at radius 3 is 1.34 bits per heavy atom. The van der Waals surface area contributed by atoms with Crippen molar-refractivity contribution in [3.05, 3.63) is 53.8 Å². The minimum Gasteiger partial charge on any atom is -0.457 e. The first-order chi connectivity index (χ1) is 32.8. The molecule has 0 radical (unpaired) electrons. The van der Waals surface area contributed by atoms with Gasteiger partial charge in [-0.3, -0.25) is 48.7 Å². The summed E-state index contributed by atoms with van der Waals surface area (Å²) >= 11 is 10.6. The number of imide groups is 1. The summed E-state index contributed by atoms with van der Waals surface area (Å²) in [5, 5.41) is 22.7. The summed E-state index contributed by atoms with van der Waals surface area (Å²) in [7, 11) is 0. The summed E-state index contributed by atoms with van der Waals surface area (Å²) in [5.74, 6) is -0.246. The Morgan fingerprint density at radius 2 is 1.15 bits per heavy atom. The summed E-state index contributed by atoms with van der Waals surface area (Å²) in [6, 6.07) is -0.787. The molecular weight excluding hydrogens is 1010 g/mol. The number of nitrogens with zero attached hydrogens (tertiary/aromatic N) is 4. The van der Waals surface area contributed by atoms with E-state index >= 15 is 0 Å². The van der Waals surface area contributed by atoms with Gasteiger partial charge in [-0.2, -0.15) is 4.37 Å². The van der Waals surface area contributed by atoms with Gasteiger partial charge in [0.05, 0.1) is 0 Å². The van der Waals surface area contributed by atoms with Gasteiger partial charge in [-0.25, -0.2) is 24.8 Å². The second-order valence-electron chi connectivity index (χ2n) is 24.3. The van der Waals surface area contributed by atoms with Crippen molar-refractivity contribution in [2.45, 2.75) is 186 Å². The molecular formula is C47H77N11O12S3. The maximum Gasteiger partial charge on any atom is 0.434 e. The molecule has 410 valence electrons. The molecule has 3 aliphatic heterocycles. The maximum atomic E-state index is 11.1. The average molecular weight is 1080 g/mol. The van der Waals surface area contributed by atoms with Gasteiger partial charge in [0.2, 0.25) is 16.6 Å². The van der Waals surface area contributed by atoms with E-state index in [1.165, 1.54) is 0 Å². The number of Topliss-reactive ketones (excluding diaryl/α,β-unsaturated/α-hetero) is 2. The molecule has 7 rings (SSSR count). The largest absolute Gasteiger partial charge is 0.457 e. The predicted molar refractivity (Wildman–Crippen MR) is 278 cm³/mol. The quantitative estimate of drug-likeness (QED) is 0.0387. The van der Waals surface area contributed by atoms with Crippen LogP contribution < -0.4 is 21.9 Å². The fourth-order valence-electron chi connectivity index (χ4n) is 5.84. The Labute approximate surface area is 440 Å². The van der Waals surface area contributed by atoms with Gasteiger partial charge < -0.3 is 23.6 Å². The molecule has 26 heteroatoms. The van der Waals surface area contributed by atoms with E-state index in [9.17, 15) is 38.4 Å². The number of urea groups is 1. The zero-order valence-corrected chi connectivity index (χ0v) is 48.5. The van der Waals surface area contributed by atoms with Crippen LogP contribution in [0.3, 0.4) is 0 Å². The minimum atomic E-state index is -0.553. The normalized spacial score (nSPS) is 18.0. The number of hydrogen-bond acceptors (Lipinski definition) is 19. The van der Waals surface area contributed by atoms with Crippen molar-refractivity contribution in [3.63, 3.8) is 0 Å². The van der Waals surface area contributed by atoms with Crippen LogP contribution in [0.1, 0.15) is 175 Å². The molecule has 4 aromatic rings. The molecule has 0 aromatic carbocycles. The molecule has 3 unspecified atom stereocenters. The van der Waals surface area contributed by atoms with Crippen LogP contribution in [0.25, 0.3) is 0 Å². The highest BCUT2D eigenvalue weighted by molar-refractivity contribution is 7.71. The first kappa shape index (κ1) is 65.3. The number of hydrogen-bond donors (Lipinski definition) is 7. The Kier molecular flexibility index (Phi) is 22.8. The monoisotopic (exact) mass is 1080 g/mol. The number of amides is 3. The molecule has 7 N–H and O–H groups in total. The highest BCUT2D eigenvalue weighted by Crippen LogP contribution is 2.31.